The maximum absolute atomic E-state index is 12.1. The van der Waals surface area contributed by atoms with Crippen LogP contribution >= 0.6 is 0 Å². The van der Waals surface area contributed by atoms with E-state index in [2.05, 4.69) is 29.4 Å². The molecule has 2 rings (SSSR count). The normalized spacial score (nSPS) is 23.9. The number of hydrogen-bond acceptors (Lipinski definition) is 4. The van der Waals surface area contributed by atoms with E-state index in [0.29, 0.717) is 18.6 Å². The van der Waals surface area contributed by atoms with Crippen LogP contribution in [0.15, 0.2) is 0 Å². The molecule has 2 heterocycles. The molecule has 0 aliphatic carbocycles. The molecule has 1 unspecified atom stereocenters. The SMILES string of the molecule is CCNC(C)C1CCN(CC(=O)NC2CCOCC2)CC1. The maximum atomic E-state index is 12.1. The molecule has 0 saturated carbocycles. The van der Waals surface area contributed by atoms with E-state index in [1.54, 1.807) is 0 Å². The summed E-state index contributed by atoms with van der Waals surface area (Å²) < 4.78 is 5.32. The number of nitrogens with zero attached hydrogens (tertiary/aromatic N) is 1. The van der Waals surface area contributed by atoms with E-state index in [9.17, 15) is 4.79 Å². The molecule has 0 spiro atoms. The van der Waals surface area contributed by atoms with E-state index < -0.39 is 0 Å². The zero-order valence-electron chi connectivity index (χ0n) is 13.6. The Hall–Kier alpha value is -0.650. The van der Waals surface area contributed by atoms with Crippen molar-refractivity contribution in [3.63, 3.8) is 0 Å². The summed E-state index contributed by atoms with van der Waals surface area (Å²) in [5, 5.41) is 6.66. The molecule has 1 atom stereocenters. The lowest BCUT2D eigenvalue weighted by Gasteiger charge is -2.35. The molecule has 1 amide bonds. The Morgan fingerprint density at radius 3 is 2.52 bits per heavy atom. The fraction of sp³-hybridized carbons (Fsp3) is 0.938. The van der Waals surface area contributed by atoms with Crippen molar-refractivity contribution >= 4 is 5.91 Å². The van der Waals surface area contributed by atoms with Crippen LogP contribution < -0.4 is 10.6 Å². The number of carbonyl (C=O) groups is 1. The Kier molecular flexibility index (Phi) is 6.93. The van der Waals surface area contributed by atoms with Gasteiger partial charge in [-0.05, 0) is 58.2 Å². The van der Waals surface area contributed by atoms with E-state index in [-0.39, 0.29) is 5.91 Å². The Morgan fingerprint density at radius 2 is 1.90 bits per heavy atom. The molecular formula is C16H31N3O2. The largest absolute Gasteiger partial charge is 0.381 e. The van der Waals surface area contributed by atoms with Gasteiger partial charge >= 0.3 is 0 Å². The smallest absolute Gasteiger partial charge is 0.234 e. The second-order valence-corrected chi connectivity index (χ2v) is 6.41. The molecule has 21 heavy (non-hydrogen) atoms. The number of carbonyl (C=O) groups excluding carboxylic acids is 1. The summed E-state index contributed by atoms with van der Waals surface area (Å²) in [4.78, 5) is 14.4. The number of nitrogens with one attached hydrogen (secondary N) is 2. The zero-order chi connectivity index (χ0) is 15.1. The number of rotatable bonds is 6. The second-order valence-electron chi connectivity index (χ2n) is 6.41. The average Bonchev–Trinajstić information content (AvgIpc) is 2.49. The fourth-order valence-electron chi connectivity index (χ4n) is 3.42. The Morgan fingerprint density at radius 1 is 1.24 bits per heavy atom. The highest BCUT2D eigenvalue weighted by Gasteiger charge is 2.25. The van der Waals surface area contributed by atoms with Crippen molar-refractivity contribution in [1.82, 2.24) is 15.5 Å². The monoisotopic (exact) mass is 297 g/mol. The van der Waals surface area contributed by atoms with Crippen molar-refractivity contribution in [2.75, 3.05) is 39.4 Å². The Balaban J connectivity index is 1.64. The minimum atomic E-state index is 0.181. The molecule has 2 N–H and O–H groups in total. The molecule has 2 fully saturated rings. The van der Waals surface area contributed by atoms with Crippen LogP contribution in [0.5, 0.6) is 0 Å². The van der Waals surface area contributed by atoms with Gasteiger partial charge in [0.05, 0.1) is 6.54 Å². The predicted molar refractivity (Wildman–Crippen MR) is 84.3 cm³/mol. The van der Waals surface area contributed by atoms with Crippen molar-refractivity contribution in [2.24, 2.45) is 5.92 Å². The molecule has 0 aromatic carbocycles. The van der Waals surface area contributed by atoms with Gasteiger partial charge in [0, 0.05) is 25.3 Å². The molecule has 2 aliphatic rings. The number of hydrogen-bond donors (Lipinski definition) is 2. The van der Waals surface area contributed by atoms with Gasteiger partial charge in [0.15, 0.2) is 0 Å². The lowest BCUT2D eigenvalue weighted by Crippen LogP contribution is -2.47. The molecule has 0 radical (unpaired) electrons. The zero-order valence-corrected chi connectivity index (χ0v) is 13.6. The predicted octanol–water partition coefficient (Wildman–Crippen LogP) is 0.992. The molecule has 0 bridgehead atoms. The summed E-state index contributed by atoms with van der Waals surface area (Å²) in [6, 6.07) is 0.908. The molecule has 5 heteroatoms. The van der Waals surface area contributed by atoms with Gasteiger partial charge in [0.1, 0.15) is 0 Å². The van der Waals surface area contributed by atoms with Crippen LogP contribution in [-0.2, 0) is 9.53 Å². The average molecular weight is 297 g/mol. The minimum absolute atomic E-state index is 0.181. The lowest BCUT2D eigenvalue weighted by atomic mass is 9.90. The molecule has 0 aromatic heterocycles. The highest BCUT2D eigenvalue weighted by molar-refractivity contribution is 5.78. The molecule has 122 valence electrons. The van der Waals surface area contributed by atoms with Crippen LogP contribution in [0.3, 0.4) is 0 Å². The maximum Gasteiger partial charge on any atom is 0.234 e. The lowest BCUT2D eigenvalue weighted by molar-refractivity contribution is -0.123. The Bertz CT molecular complexity index is 311. The van der Waals surface area contributed by atoms with E-state index >= 15 is 0 Å². The van der Waals surface area contributed by atoms with Crippen LogP contribution in [0.1, 0.15) is 39.5 Å². The number of ether oxygens (including phenoxy) is 1. The first-order chi connectivity index (χ1) is 10.2. The van der Waals surface area contributed by atoms with Gasteiger partial charge in [-0.1, -0.05) is 6.92 Å². The number of amides is 1. The summed E-state index contributed by atoms with van der Waals surface area (Å²) in [6.07, 6.45) is 4.29. The first-order valence-electron chi connectivity index (χ1n) is 8.52. The molecule has 5 nitrogen and oxygen atoms in total. The van der Waals surface area contributed by atoms with E-state index in [1.807, 2.05) is 0 Å². The first kappa shape index (κ1) is 16.7. The fourth-order valence-corrected chi connectivity index (χ4v) is 3.42. The van der Waals surface area contributed by atoms with E-state index in [1.165, 1.54) is 12.8 Å². The van der Waals surface area contributed by atoms with Crippen LogP contribution in [0.25, 0.3) is 0 Å². The highest BCUT2D eigenvalue weighted by atomic mass is 16.5. The summed E-state index contributed by atoms with van der Waals surface area (Å²) in [5.41, 5.74) is 0. The number of piperidine rings is 1. The van der Waals surface area contributed by atoms with Crippen LogP contribution in [0, 0.1) is 5.92 Å². The number of likely N-dealkylation sites (tertiary alicyclic amines) is 1. The van der Waals surface area contributed by atoms with Gasteiger partial charge in [0.2, 0.25) is 5.91 Å². The van der Waals surface area contributed by atoms with Crippen molar-refractivity contribution in [3.05, 3.63) is 0 Å². The third kappa shape index (κ3) is 5.57. The van der Waals surface area contributed by atoms with Gasteiger partial charge in [-0.2, -0.15) is 0 Å². The first-order valence-corrected chi connectivity index (χ1v) is 8.52. The third-order valence-corrected chi connectivity index (χ3v) is 4.82. The van der Waals surface area contributed by atoms with Gasteiger partial charge in [-0.15, -0.1) is 0 Å². The summed E-state index contributed by atoms with van der Waals surface area (Å²) >= 11 is 0. The summed E-state index contributed by atoms with van der Waals surface area (Å²) in [7, 11) is 0. The molecule has 0 aromatic rings. The summed E-state index contributed by atoms with van der Waals surface area (Å²) in [5.74, 6) is 0.930. The summed E-state index contributed by atoms with van der Waals surface area (Å²) in [6.45, 7) is 9.67. The highest BCUT2D eigenvalue weighted by Crippen LogP contribution is 2.20. The topological polar surface area (TPSA) is 53.6 Å². The third-order valence-electron chi connectivity index (χ3n) is 4.82. The molecule has 2 aliphatic heterocycles. The van der Waals surface area contributed by atoms with Crippen LogP contribution in [0.4, 0.5) is 0 Å². The van der Waals surface area contributed by atoms with E-state index in [4.69, 9.17) is 4.74 Å². The van der Waals surface area contributed by atoms with E-state index in [0.717, 1.165) is 51.6 Å². The van der Waals surface area contributed by atoms with Crippen molar-refractivity contribution in [2.45, 2.75) is 51.6 Å². The van der Waals surface area contributed by atoms with Crippen LogP contribution in [-0.4, -0.2) is 62.3 Å². The van der Waals surface area contributed by atoms with Crippen molar-refractivity contribution in [1.29, 1.82) is 0 Å². The molecular weight excluding hydrogens is 266 g/mol. The van der Waals surface area contributed by atoms with Crippen molar-refractivity contribution < 1.29 is 9.53 Å². The van der Waals surface area contributed by atoms with Gasteiger partial charge in [-0.3, -0.25) is 9.69 Å². The Labute approximate surface area is 128 Å². The van der Waals surface area contributed by atoms with Crippen LogP contribution in [0.2, 0.25) is 0 Å². The van der Waals surface area contributed by atoms with Gasteiger partial charge < -0.3 is 15.4 Å². The minimum Gasteiger partial charge on any atom is -0.381 e. The molecule has 2 saturated heterocycles. The van der Waals surface area contributed by atoms with Gasteiger partial charge in [-0.25, -0.2) is 0 Å². The second kappa shape index (κ2) is 8.71. The standard InChI is InChI=1S/C16H31N3O2/c1-3-17-13(2)14-4-8-19(9-5-14)12-16(20)18-15-6-10-21-11-7-15/h13-15,17H,3-12H2,1-2H3,(H,18,20). The quantitative estimate of drug-likeness (QED) is 0.768. The van der Waals surface area contributed by atoms with Crippen molar-refractivity contribution in [3.8, 4) is 0 Å². The van der Waals surface area contributed by atoms with Gasteiger partial charge in [0.25, 0.3) is 0 Å².